The van der Waals surface area contributed by atoms with Gasteiger partial charge in [0.05, 0.1) is 36.3 Å². The summed E-state index contributed by atoms with van der Waals surface area (Å²) >= 11 is 0. The Bertz CT molecular complexity index is 2000. The SMILES string of the molecule is Cc1cc(C)c2c(Cn3c(=O)n([C@H](CC(=O)O)c4ccccc4)c4cc(C(=O)NS(C)(=O)=O)ccc43)cn(C)c2c1. The molecule has 11 heteroatoms. The standard InChI is InChI=1S/C30H30N4O6S/c1-18-12-19(2)28-22(16-32(3)26(28)13-18)17-33-23-11-10-21(29(37)31-41(4,39)40)14-25(23)34(30(33)38)24(15-27(35)36)20-8-6-5-7-9-20/h5-14,16,24H,15,17H2,1-4H3,(H,31,37)(H,35,36)/t24-/m1/s1. The number of amides is 1. The Labute approximate surface area is 236 Å². The predicted molar refractivity (Wildman–Crippen MR) is 157 cm³/mol. The number of hydrogen-bond donors (Lipinski definition) is 2. The van der Waals surface area contributed by atoms with Crippen LogP contribution in [-0.2, 0) is 28.4 Å². The molecule has 0 unspecified atom stereocenters. The van der Waals surface area contributed by atoms with E-state index in [0.29, 0.717) is 16.6 Å². The molecule has 5 rings (SSSR count). The van der Waals surface area contributed by atoms with Crippen molar-refractivity contribution in [3.8, 4) is 0 Å². The lowest BCUT2D eigenvalue weighted by Crippen LogP contribution is -2.30. The largest absolute Gasteiger partial charge is 0.481 e. The van der Waals surface area contributed by atoms with E-state index in [1.54, 1.807) is 41.0 Å². The summed E-state index contributed by atoms with van der Waals surface area (Å²) in [6.07, 6.45) is 2.48. The second-order valence-corrected chi connectivity index (χ2v) is 12.2. The van der Waals surface area contributed by atoms with Gasteiger partial charge >= 0.3 is 11.7 Å². The first-order valence-electron chi connectivity index (χ1n) is 12.9. The molecule has 0 aliphatic carbocycles. The number of carbonyl (C=O) groups excluding carboxylic acids is 1. The van der Waals surface area contributed by atoms with Crippen LogP contribution in [0.4, 0.5) is 0 Å². The number of hydrogen-bond acceptors (Lipinski definition) is 5. The van der Waals surface area contributed by atoms with E-state index in [2.05, 4.69) is 12.1 Å². The van der Waals surface area contributed by atoms with Crippen LogP contribution in [-0.4, -0.2) is 45.4 Å². The third kappa shape index (κ3) is 5.40. The fourth-order valence-electron chi connectivity index (χ4n) is 5.60. The van der Waals surface area contributed by atoms with E-state index in [4.69, 9.17) is 0 Å². The molecule has 0 fully saturated rings. The third-order valence-corrected chi connectivity index (χ3v) is 7.76. The molecule has 5 aromatic rings. The van der Waals surface area contributed by atoms with Crippen molar-refractivity contribution in [1.82, 2.24) is 18.4 Å². The normalized spacial score (nSPS) is 12.6. The van der Waals surface area contributed by atoms with Crippen LogP contribution < -0.4 is 10.4 Å². The van der Waals surface area contributed by atoms with Gasteiger partial charge in [-0.15, -0.1) is 0 Å². The third-order valence-electron chi connectivity index (χ3n) is 7.21. The Hall–Kier alpha value is -4.64. The number of aromatic nitrogens is 3. The summed E-state index contributed by atoms with van der Waals surface area (Å²) in [4.78, 5) is 39.0. The Balaban J connectivity index is 1.77. The lowest BCUT2D eigenvalue weighted by Gasteiger charge is -2.18. The number of aliphatic carboxylic acids is 1. The molecule has 10 nitrogen and oxygen atoms in total. The second kappa shape index (κ2) is 10.4. The molecule has 1 amide bonds. The lowest BCUT2D eigenvalue weighted by molar-refractivity contribution is -0.137. The fraction of sp³-hybridized carbons (Fsp3) is 0.233. The molecular weight excluding hydrogens is 544 g/mol. The number of fused-ring (bicyclic) bond motifs is 2. The number of carboxylic acid groups (broad SMARTS) is 1. The quantitative estimate of drug-likeness (QED) is 0.290. The van der Waals surface area contributed by atoms with Crippen LogP contribution in [0.3, 0.4) is 0 Å². The van der Waals surface area contributed by atoms with E-state index in [-0.39, 0.29) is 18.5 Å². The highest BCUT2D eigenvalue weighted by molar-refractivity contribution is 7.89. The first-order valence-corrected chi connectivity index (χ1v) is 14.8. The molecule has 0 radical (unpaired) electrons. The van der Waals surface area contributed by atoms with E-state index in [9.17, 15) is 27.9 Å². The fourth-order valence-corrected chi connectivity index (χ4v) is 6.06. The van der Waals surface area contributed by atoms with Crippen molar-refractivity contribution < 1.29 is 23.1 Å². The van der Waals surface area contributed by atoms with E-state index in [1.165, 1.54) is 16.7 Å². The van der Waals surface area contributed by atoms with Crippen LogP contribution in [0.2, 0.25) is 0 Å². The average Bonchev–Trinajstić information content (AvgIpc) is 3.35. The van der Waals surface area contributed by atoms with Crippen molar-refractivity contribution >= 4 is 43.8 Å². The maximum atomic E-state index is 14.2. The highest BCUT2D eigenvalue weighted by atomic mass is 32.2. The first kappa shape index (κ1) is 27.9. The molecule has 2 heterocycles. The van der Waals surface area contributed by atoms with Crippen molar-refractivity contribution in [1.29, 1.82) is 0 Å². The maximum absolute atomic E-state index is 14.2. The van der Waals surface area contributed by atoms with Gasteiger partial charge in [0.2, 0.25) is 10.0 Å². The molecule has 3 aromatic carbocycles. The minimum absolute atomic E-state index is 0.0208. The van der Waals surface area contributed by atoms with Gasteiger partial charge in [0.1, 0.15) is 0 Å². The van der Waals surface area contributed by atoms with E-state index < -0.39 is 33.6 Å². The molecular formula is C30H30N4O6S. The summed E-state index contributed by atoms with van der Waals surface area (Å²) < 4.78 is 30.4. The molecule has 0 spiro atoms. The zero-order chi connectivity index (χ0) is 29.6. The van der Waals surface area contributed by atoms with Crippen molar-refractivity contribution in [2.24, 2.45) is 7.05 Å². The van der Waals surface area contributed by atoms with Crippen LogP contribution in [0.5, 0.6) is 0 Å². The van der Waals surface area contributed by atoms with Gasteiger partial charge in [-0.25, -0.2) is 17.9 Å². The van der Waals surface area contributed by atoms with Crippen molar-refractivity contribution in [2.45, 2.75) is 32.9 Å². The number of nitrogens with zero attached hydrogens (tertiary/aromatic N) is 3. The topological polar surface area (TPSA) is 132 Å². The van der Waals surface area contributed by atoms with Crippen molar-refractivity contribution in [2.75, 3.05) is 6.26 Å². The second-order valence-electron chi connectivity index (χ2n) is 10.4. The Kier molecular flexibility index (Phi) is 7.08. The van der Waals surface area contributed by atoms with Crippen LogP contribution in [0.15, 0.2) is 71.7 Å². The highest BCUT2D eigenvalue weighted by Gasteiger charge is 2.26. The Morgan fingerprint density at radius 3 is 2.34 bits per heavy atom. The van der Waals surface area contributed by atoms with Crippen LogP contribution in [0.25, 0.3) is 21.9 Å². The van der Waals surface area contributed by atoms with Crippen molar-refractivity contribution in [3.63, 3.8) is 0 Å². The summed E-state index contributed by atoms with van der Waals surface area (Å²) in [5, 5.41) is 10.8. The molecule has 212 valence electrons. The lowest BCUT2D eigenvalue weighted by atomic mass is 10.0. The smallest absolute Gasteiger partial charge is 0.330 e. The van der Waals surface area contributed by atoms with Crippen molar-refractivity contribution in [3.05, 3.63) is 105 Å². The molecule has 0 saturated carbocycles. The molecule has 0 bridgehead atoms. The summed E-state index contributed by atoms with van der Waals surface area (Å²) in [5.74, 6) is -1.95. The molecule has 2 N–H and O–H groups in total. The monoisotopic (exact) mass is 574 g/mol. The van der Waals surface area contributed by atoms with Gasteiger partial charge in [-0.3, -0.25) is 18.7 Å². The Morgan fingerprint density at radius 1 is 0.976 bits per heavy atom. The summed E-state index contributed by atoms with van der Waals surface area (Å²) in [5.41, 5.74) is 5.12. The predicted octanol–water partition coefficient (Wildman–Crippen LogP) is 3.71. The molecule has 41 heavy (non-hydrogen) atoms. The minimum atomic E-state index is -3.83. The van der Waals surface area contributed by atoms with Crippen LogP contribution >= 0.6 is 0 Å². The molecule has 0 aliphatic rings. The number of carboxylic acids is 1. The summed E-state index contributed by atoms with van der Waals surface area (Å²) in [6, 6.07) is 16.6. The van der Waals surface area contributed by atoms with E-state index >= 15 is 0 Å². The van der Waals surface area contributed by atoms with E-state index in [0.717, 1.165) is 33.8 Å². The minimum Gasteiger partial charge on any atom is -0.481 e. The number of sulfonamides is 1. The number of rotatable bonds is 8. The van der Waals surface area contributed by atoms with Crippen LogP contribution in [0.1, 0.15) is 45.1 Å². The van der Waals surface area contributed by atoms with Gasteiger partial charge in [-0.1, -0.05) is 36.4 Å². The first-order chi connectivity index (χ1) is 19.3. The van der Waals surface area contributed by atoms with E-state index in [1.807, 2.05) is 36.4 Å². The Morgan fingerprint density at radius 2 is 1.68 bits per heavy atom. The molecule has 1 atom stereocenters. The molecule has 0 aliphatic heterocycles. The number of nitrogens with one attached hydrogen (secondary N) is 1. The van der Waals surface area contributed by atoms with Crippen LogP contribution in [0, 0.1) is 13.8 Å². The average molecular weight is 575 g/mol. The van der Waals surface area contributed by atoms with Gasteiger partial charge in [0.25, 0.3) is 5.91 Å². The van der Waals surface area contributed by atoms with Gasteiger partial charge in [0.15, 0.2) is 0 Å². The van der Waals surface area contributed by atoms with Gasteiger partial charge in [0, 0.05) is 29.7 Å². The number of benzene rings is 3. The number of aryl methyl sites for hydroxylation is 3. The molecule has 0 saturated heterocycles. The number of imidazole rings is 1. The summed E-state index contributed by atoms with van der Waals surface area (Å²) in [6.45, 7) is 4.25. The van der Waals surface area contributed by atoms with Gasteiger partial charge in [-0.2, -0.15) is 0 Å². The zero-order valence-electron chi connectivity index (χ0n) is 23.1. The zero-order valence-corrected chi connectivity index (χ0v) is 23.9. The number of carbonyl (C=O) groups is 2. The summed E-state index contributed by atoms with van der Waals surface area (Å²) in [7, 11) is -1.89. The van der Waals surface area contributed by atoms with Gasteiger partial charge in [-0.05, 0) is 60.4 Å². The maximum Gasteiger partial charge on any atom is 0.330 e. The van der Waals surface area contributed by atoms with Gasteiger partial charge < -0.3 is 9.67 Å². The highest BCUT2D eigenvalue weighted by Crippen LogP contribution is 2.30. The molecule has 2 aromatic heterocycles.